The highest BCUT2D eigenvalue weighted by Gasteiger charge is 2.35. The highest BCUT2D eigenvalue weighted by molar-refractivity contribution is 5.63. The number of methoxy groups -OCH3 is 2. The first kappa shape index (κ1) is 15.1. The Morgan fingerprint density at radius 1 is 1.12 bits per heavy atom. The Morgan fingerprint density at radius 2 is 1.92 bits per heavy atom. The summed E-state index contributed by atoms with van der Waals surface area (Å²) in [5, 5.41) is 10.0. The van der Waals surface area contributed by atoms with Gasteiger partial charge in [-0.15, -0.1) is 0 Å². The van der Waals surface area contributed by atoms with Gasteiger partial charge in [-0.05, 0) is 41.7 Å². The van der Waals surface area contributed by atoms with Gasteiger partial charge in [-0.2, -0.15) is 0 Å². The molecule has 3 N–H and O–H groups in total. The number of hydrogen-bond acceptors (Lipinski definition) is 5. The molecule has 2 heterocycles. The standard InChI is InChI=1S/C19H22N2O3/c1-23-16-6-4-12-9-14-17-11(3-5-15(22)18(17)20)7-8-21(14)10-13(12)19(16)24-2/h3-6,14,22H,7-10,20H2,1-2H3. The molecule has 24 heavy (non-hydrogen) atoms. The first-order valence-corrected chi connectivity index (χ1v) is 8.21. The molecule has 0 saturated heterocycles. The molecule has 5 nitrogen and oxygen atoms in total. The van der Waals surface area contributed by atoms with Crippen molar-refractivity contribution in [1.29, 1.82) is 0 Å². The van der Waals surface area contributed by atoms with Gasteiger partial charge in [0, 0.05) is 24.7 Å². The van der Waals surface area contributed by atoms with Crippen molar-refractivity contribution in [1.82, 2.24) is 4.90 Å². The summed E-state index contributed by atoms with van der Waals surface area (Å²) in [4.78, 5) is 2.42. The third-order valence-electron chi connectivity index (χ3n) is 5.32. The van der Waals surface area contributed by atoms with Gasteiger partial charge in [0.1, 0.15) is 5.75 Å². The zero-order valence-corrected chi connectivity index (χ0v) is 14.0. The maximum Gasteiger partial charge on any atom is 0.165 e. The summed E-state index contributed by atoms with van der Waals surface area (Å²) in [5.74, 6) is 1.76. The molecule has 2 aliphatic heterocycles. The van der Waals surface area contributed by atoms with Crippen LogP contribution in [0, 0.1) is 0 Å². The molecule has 5 heteroatoms. The number of nitrogens with zero attached hydrogens (tertiary/aromatic N) is 1. The lowest BCUT2D eigenvalue weighted by Crippen LogP contribution is -2.40. The smallest absolute Gasteiger partial charge is 0.165 e. The van der Waals surface area contributed by atoms with E-state index in [2.05, 4.69) is 11.0 Å². The Labute approximate surface area is 141 Å². The minimum absolute atomic E-state index is 0.175. The molecular weight excluding hydrogens is 304 g/mol. The largest absolute Gasteiger partial charge is 0.506 e. The second-order valence-corrected chi connectivity index (χ2v) is 6.45. The second kappa shape index (κ2) is 5.60. The SMILES string of the molecule is COc1ccc2c(c1OC)CN1CCc3ccc(O)c(N)c3C1C2. The fourth-order valence-electron chi connectivity index (χ4n) is 4.11. The Balaban J connectivity index is 1.81. The van der Waals surface area contributed by atoms with E-state index in [-0.39, 0.29) is 11.8 Å². The number of phenols is 1. The number of nitrogen functional groups attached to an aromatic ring is 1. The molecule has 0 radical (unpaired) electrons. The number of anilines is 1. The molecule has 2 aromatic carbocycles. The van der Waals surface area contributed by atoms with E-state index in [1.807, 2.05) is 12.1 Å². The van der Waals surface area contributed by atoms with Crippen LogP contribution in [0.1, 0.15) is 28.3 Å². The van der Waals surface area contributed by atoms with Crippen LogP contribution in [0.5, 0.6) is 17.2 Å². The summed E-state index contributed by atoms with van der Waals surface area (Å²) in [6.07, 6.45) is 1.80. The maximum absolute atomic E-state index is 10.0. The Morgan fingerprint density at radius 3 is 2.67 bits per heavy atom. The van der Waals surface area contributed by atoms with Crippen molar-refractivity contribution in [2.75, 3.05) is 26.5 Å². The van der Waals surface area contributed by atoms with Crippen LogP contribution >= 0.6 is 0 Å². The fraction of sp³-hybridized carbons (Fsp3) is 0.368. The van der Waals surface area contributed by atoms with E-state index in [1.54, 1.807) is 20.3 Å². The highest BCUT2D eigenvalue weighted by atomic mass is 16.5. The van der Waals surface area contributed by atoms with Crippen molar-refractivity contribution in [2.24, 2.45) is 0 Å². The molecule has 126 valence electrons. The van der Waals surface area contributed by atoms with Gasteiger partial charge in [0.05, 0.1) is 19.9 Å². The lowest BCUT2D eigenvalue weighted by atomic mass is 9.83. The predicted molar refractivity (Wildman–Crippen MR) is 92.6 cm³/mol. The number of nitrogens with two attached hydrogens (primary N) is 1. The third-order valence-corrected chi connectivity index (χ3v) is 5.32. The number of ether oxygens (including phenoxy) is 2. The number of fused-ring (bicyclic) bond motifs is 4. The van der Waals surface area contributed by atoms with Crippen LogP contribution in [0.25, 0.3) is 0 Å². The van der Waals surface area contributed by atoms with Gasteiger partial charge in [-0.25, -0.2) is 0 Å². The summed E-state index contributed by atoms with van der Waals surface area (Å²) >= 11 is 0. The third kappa shape index (κ3) is 2.12. The predicted octanol–water partition coefficient (Wildman–Crippen LogP) is 2.65. The van der Waals surface area contributed by atoms with Gasteiger partial charge < -0.3 is 20.3 Å². The van der Waals surface area contributed by atoms with Crippen LogP contribution in [-0.4, -0.2) is 30.8 Å². The second-order valence-electron chi connectivity index (χ2n) is 6.45. The summed E-state index contributed by atoms with van der Waals surface area (Å²) in [7, 11) is 3.35. The molecule has 2 aliphatic rings. The Bertz CT molecular complexity index is 804. The molecule has 0 saturated carbocycles. The number of hydrogen-bond donors (Lipinski definition) is 2. The molecule has 0 bridgehead atoms. The zero-order valence-electron chi connectivity index (χ0n) is 14.0. The Kier molecular flexibility index (Phi) is 3.53. The van der Waals surface area contributed by atoms with Crippen molar-refractivity contribution in [2.45, 2.75) is 25.4 Å². The average molecular weight is 326 g/mol. The van der Waals surface area contributed by atoms with Crippen LogP contribution in [-0.2, 0) is 19.4 Å². The first-order chi connectivity index (χ1) is 11.6. The average Bonchev–Trinajstić information content (AvgIpc) is 2.61. The molecule has 0 aliphatic carbocycles. The van der Waals surface area contributed by atoms with Gasteiger partial charge in [0.2, 0.25) is 0 Å². The van der Waals surface area contributed by atoms with E-state index in [9.17, 15) is 5.11 Å². The highest BCUT2D eigenvalue weighted by Crippen LogP contribution is 2.46. The van der Waals surface area contributed by atoms with Gasteiger partial charge in [0.25, 0.3) is 0 Å². The van der Waals surface area contributed by atoms with Crippen molar-refractivity contribution >= 4 is 5.69 Å². The van der Waals surface area contributed by atoms with Gasteiger partial charge in [0.15, 0.2) is 11.5 Å². The van der Waals surface area contributed by atoms with Crippen LogP contribution in [0.3, 0.4) is 0 Å². The quantitative estimate of drug-likeness (QED) is 0.656. The molecule has 1 unspecified atom stereocenters. The summed E-state index contributed by atoms with van der Waals surface area (Å²) in [6, 6.07) is 7.98. The molecular formula is C19H22N2O3. The Hall–Kier alpha value is -2.40. The van der Waals surface area contributed by atoms with Crippen molar-refractivity contribution < 1.29 is 14.6 Å². The van der Waals surface area contributed by atoms with E-state index in [0.29, 0.717) is 5.69 Å². The fourth-order valence-corrected chi connectivity index (χ4v) is 4.11. The first-order valence-electron chi connectivity index (χ1n) is 8.21. The zero-order chi connectivity index (χ0) is 16.8. The van der Waals surface area contributed by atoms with E-state index >= 15 is 0 Å². The summed E-state index contributed by atoms with van der Waals surface area (Å²) in [6.45, 7) is 1.77. The molecule has 0 amide bonds. The molecule has 1 atom stereocenters. The lowest BCUT2D eigenvalue weighted by Gasteiger charge is -2.42. The maximum atomic E-state index is 10.0. The van der Waals surface area contributed by atoms with E-state index in [1.165, 1.54) is 16.7 Å². The van der Waals surface area contributed by atoms with Crippen LogP contribution < -0.4 is 15.2 Å². The van der Waals surface area contributed by atoms with Gasteiger partial charge in [-0.3, -0.25) is 4.90 Å². The normalized spacial score (nSPS) is 19.2. The summed E-state index contributed by atoms with van der Waals surface area (Å²) in [5.41, 5.74) is 11.5. The number of phenolic OH excluding ortho intramolecular Hbond substituents is 1. The van der Waals surface area contributed by atoms with Gasteiger partial charge in [-0.1, -0.05) is 12.1 Å². The van der Waals surface area contributed by atoms with Gasteiger partial charge >= 0.3 is 0 Å². The van der Waals surface area contributed by atoms with Crippen LogP contribution in [0.2, 0.25) is 0 Å². The molecule has 0 spiro atoms. The topological polar surface area (TPSA) is 68.0 Å². The minimum Gasteiger partial charge on any atom is -0.506 e. The minimum atomic E-state index is 0.175. The number of benzene rings is 2. The molecule has 2 aromatic rings. The monoisotopic (exact) mass is 326 g/mol. The van der Waals surface area contributed by atoms with Crippen molar-refractivity contribution in [3.63, 3.8) is 0 Å². The molecule has 4 rings (SSSR count). The van der Waals surface area contributed by atoms with Crippen LogP contribution in [0.4, 0.5) is 5.69 Å². The van der Waals surface area contributed by atoms with E-state index in [4.69, 9.17) is 15.2 Å². The van der Waals surface area contributed by atoms with Crippen molar-refractivity contribution in [3.8, 4) is 17.2 Å². The van der Waals surface area contributed by atoms with E-state index in [0.717, 1.165) is 43.0 Å². The molecule has 0 fully saturated rings. The lowest BCUT2D eigenvalue weighted by molar-refractivity contribution is 0.158. The number of aromatic hydroxyl groups is 1. The molecule has 0 aromatic heterocycles. The van der Waals surface area contributed by atoms with E-state index < -0.39 is 0 Å². The van der Waals surface area contributed by atoms with Crippen LogP contribution in [0.15, 0.2) is 24.3 Å². The number of rotatable bonds is 2. The van der Waals surface area contributed by atoms with Crippen molar-refractivity contribution in [3.05, 3.63) is 46.5 Å². The summed E-state index contributed by atoms with van der Waals surface area (Å²) < 4.78 is 11.0.